The van der Waals surface area contributed by atoms with Crippen molar-refractivity contribution in [2.45, 2.75) is 32.4 Å². The Balaban J connectivity index is 1.46. The number of rotatable bonds is 7. The van der Waals surface area contributed by atoms with Crippen molar-refractivity contribution < 1.29 is 4.74 Å². The number of hydrogen-bond acceptors (Lipinski definition) is 5. The van der Waals surface area contributed by atoms with E-state index >= 15 is 0 Å². The summed E-state index contributed by atoms with van der Waals surface area (Å²) < 4.78 is 7.73. The van der Waals surface area contributed by atoms with Gasteiger partial charge in [0.25, 0.3) is 0 Å². The average Bonchev–Trinajstić information content (AvgIpc) is 3.35. The Kier molecular flexibility index (Phi) is 6.89. The molecular formula is C26H32N6OS. The van der Waals surface area contributed by atoms with Gasteiger partial charge in [0.05, 0.1) is 31.0 Å². The summed E-state index contributed by atoms with van der Waals surface area (Å²) in [6.45, 7) is 9.94. The molecule has 1 N–H and O–H groups in total. The molecule has 0 amide bonds. The molecule has 8 heteroatoms. The van der Waals surface area contributed by atoms with Crippen LogP contribution in [-0.4, -0.2) is 68.8 Å². The van der Waals surface area contributed by atoms with Gasteiger partial charge >= 0.3 is 0 Å². The van der Waals surface area contributed by atoms with Crippen LogP contribution in [0.1, 0.15) is 41.1 Å². The van der Waals surface area contributed by atoms with Crippen molar-refractivity contribution in [2.75, 3.05) is 39.4 Å². The van der Waals surface area contributed by atoms with Crippen molar-refractivity contribution in [1.82, 2.24) is 29.7 Å². The third-order valence-corrected chi connectivity index (χ3v) is 7.19. The van der Waals surface area contributed by atoms with E-state index in [-0.39, 0.29) is 12.1 Å². The minimum Gasteiger partial charge on any atom is -0.379 e. The first-order valence-corrected chi connectivity index (χ1v) is 12.4. The molecule has 2 aliphatic heterocycles. The lowest BCUT2D eigenvalue weighted by atomic mass is 9.96. The molecule has 178 valence electrons. The first-order chi connectivity index (χ1) is 16.6. The monoisotopic (exact) mass is 476 g/mol. The lowest BCUT2D eigenvalue weighted by Crippen LogP contribution is -2.39. The normalized spacial score (nSPS) is 21.1. The van der Waals surface area contributed by atoms with Gasteiger partial charge in [-0.3, -0.25) is 9.88 Å². The van der Waals surface area contributed by atoms with Crippen LogP contribution >= 0.6 is 12.2 Å². The van der Waals surface area contributed by atoms with E-state index in [1.807, 2.05) is 36.7 Å². The number of aromatic nitrogens is 3. The minimum atomic E-state index is -0.00484. The first kappa shape index (κ1) is 23.0. The van der Waals surface area contributed by atoms with Gasteiger partial charge in [0, 0.05) is 50.0 Å². The highest BCUT2D eigenvalue weighted by molar-refractivity contribution is 7.80. The molecule has 7 nitrogen and oxygen atoms in total. The van der Waals surface area contributed by atoms with E-state index in [4.69, 9.17) is 17.0 Å². The first-order valence-electron chi connectivity index (χ1n) is 12.0. The highest BCUT2D eigenvalue weighted by Gasteiger charge is 2.41. The van der Waals surface area contributed by atoms with Gasteiger partial charge in [-0.05, 0) is 68.4 Å². The molecule has 2 saturated heterocycles. The van der Waals surface area contributed by atoms with E-state index in [9.17, 15) is 0 Å². The third kappa shape index (κ3) is 4.58. The van der Waals surface area contributed by atoms with Crippen LogP contribution in [0.25, 0.3) is 5.82 Å². The second-order valence-corrected chi connectivity index (χ2v) is 9.36. The van der Waals surface area contributed by atoms with Crippen molar-refractivity contribution in [1.29, 1.82) is 0 Å². The Morgan fingerprint density at radius 2 is 1.79 bits per heavy atom. The van der Waals surface area contributed by atoms with Crippen LogP contribution < -0.4 is 5.32 Å². The van der Waals surface area contributed by atoms with Crippen LogP contribution in [0, 0.1) is 13.8 Å². The van der Waals surface area contributed by atoms with Crippen LogP contribution in [0.15, 0.2) is 54.9 Å². The van der Waals surface area contributed by atoms with Crippen molar-refractivity contribution in [3.63, 3.8) is 0 Å². The quantitative estimate of drug-likeness (QED) is 0.523. The highest BCUT2D eigenvalue weighted by Crippen LogP contribution is 2.41. The zero-order valence-corrected chi connectivity index (χ0v) is 20.7. The van der Waals surface area contributed by atoms with E-state index in [2.05, 4.69) is 61.7 Å². The largest absolute Gasteiger partial charge is 0.379 e. The zero-order valence-electron chi connectivity index (χ0n) is 19.9. The van der Waals surface area contributed by atoms with Crippen LogP contribution in [-0.2, 0) is 4.74 Å². The fourth-order valence-corrected chi connectivity index (χ4v) is 5.53. The summed E-state index contributed by atoms with van der Waals surface area (Å²) in [4.78, 5) is 14.1. The SMILES string of the molecule is Cc1cc([C@@H]2[C@@H](c3ccccn3)NC(=S)N2CCCN2CCOCC2)c(C)n1-c1ccccn1. The Bertz CT molecular complexity index is 1110. The predicted octanol–water partition coefficient (Wildman–Crippen LogP) is 3.58. The molecule has 2 aliphatic rings. The Labute approximate surface area is 206 Å². The summed E-state index contributed by atoms with van der Waals surface area (Å²) in [7, 11) is 0. The molecule has 0 aromatic carbocycles. The number of aryl methyl sites for hydroxylation is 1. The van der Waals surface area contributed by atoms with Crippen molar-refractivity contribution in [3.8, 4) is 5.82 Å². The van der Waals surface area contributed by atoms with Crippen LogP contribution in [0.3, 0.4) is 0 Å². The predicted molar refractivity (Wildman–Crippen MR) is 137 cm³/mol. The third-order valence-electron chi connectivity index (χ3n) is 6.84. The Hall–Kier alpha value is -2.81. The van der Waals surface area contributed by atoms with E-state index in [1.54, 1.807) is 0 Å². The van der Waals surface area contributed by atoms with Gasteiger partial charge < -0.3 is 19.5 Å². The number of ether oxygens (including phenoxy) is 1. The summed E-state index contributed by atoms with van der Waals surface area (Å²) in [6, 6.07) is 14.5. The average molecular weight is 477 g/mol. The molecule has 3 aromatic rings. The number of hydrogen-bond donors (Lipinski definition) is 1. The molecule has 0 saturated carbocycles. The molecule has 5 rings (SSSR count). The van der Waals surface area contributed by atoms with Gasteiger partial charge in [-0.1, -0.05) is 12.1 Å². The molecular weight excluding hydrogens is 444 g/mol. The Morgan fingerprint density at radius 1 is 1.03 bits per heavy atom. The molecule has 0 aliphatic carbocycles. The maximum absolute atomic E-state index is 5.88. The van der Waals surface area contributed by atoms with E-state index in [0.29, 0.717) is 0 Å². The fraction of sp³-hybridized carbons (Fsp3) is 0.423. The molecule has 34 heavy (non-hydrogen) atoms. The Morgan fingerprint density at radius 3 is 2.50 bits per heavy atom. The van der Waals surface area contributed by atoms with Crippen LogP contribution in [0.4, 0.5) is 0 Å². The second kappa shape index (κ2) is 10.2. The smallest absolute Gasteiger partial charge is 0.170 e. The summed E-state index contributed by atoms with van der Waals surface area (Å²) in [5.74, 6) is 0.936. The number of nitrogens with one attached hydrogen (secondary N) is 1. The fourth-order valence-electron chi connectivity index (χ4n) is 5.20. The molecule has 0 radical (unpaired) electrons. The van der Waals surface area contributed by atoms with Gasteiger partial charge in [-0.25, -0.2) is 4.98 Å². The van der Waals surface area contributed by atoms with Crippen molar-refractivity contribution in [2.24, 2.45) is 0 Å². The van der Waals surface area contributed by atoms with Crippen molar-refractivity contribution in [3.05, 3.63) is 77.5 Å². The van der Waals surface area contributed by atoms with E-state index in [0.717, 1.165) is 68.1 Å². The molecule has 2 fully saturated rings. The number of nitrogens with zero attached hydrogens (tertiary/aromatic N) is 5. The van der Waals surface area contributed by atoms with Crippen molar-refractivity contribution >= 4 is 17.3 Å². The highest BCUT2D eigenvalue weighted by atomic mass is 32.1. The van der Waals surface area contributed by atoms with Gasteiger partial charge in [0.1, 0.15) is 5.82 Å². The van der Waals surface area contributed by atoms with Gasteiger partial charge in [-0.15, -0.1) is 0 Å². The lowest BCUT2D eigenvalue weighted by Gasteiger charge is -2.30. The van der Waals surface area contributed by atoms with E-state index in [1.165, 1.54) is 11.3 Å². The summed E-state index contributed by atoms with van der Waals surface area (Å²) >= 11 is 5.88. The summed E-state index contributed by atoms with van der Waals surface area (Å²) in [5.41, 5.74) is 4.62. The summed E-state index contributed by atoms with van der Waals surface area (Å²) in [6.07, 6.45) is 4.75. The number of morpholine rings is 1. The second-order valence-electron chi connectivity index (χ2n) is 8.98. The zero-order chi connectivity index (χ0) is 23.5. The number of pyridine rings is 2. The van der Waals surface area contributed by atoms with Gasteiger partial charge in [-0.2, -0.15) is 0 Å². The molecule has 3 aromatic heterocycles. The summed E-state index contributed by atoms with van der Waals surface area (Å²) in [5, 5.41) is 4.39. The van der Waals surface area contributed by atoms with E-state index < -0.39 is 0 Å². The standard InChI is InChI=1S/C26H32N6OS/c1-19-18-21(20(2)32(19)23-9-4-6-11-28-23)25-24(22-8-3-5-10-27-22)29-26(34)31(25)13-7-12-30-14-16-33-17-15-30/h3-6,8-11,18,24-25H,7,12-17H2,1-2H3,(H,29,34)/t24-,25-/m1/s1. The number of thiocarbonyl (C=S) groups is 1. The lowest BCUT2D eigenvalue weighted by molar-refractivity contribution is 0.0365. The molecule has 2 atom stereocenters. The van der Waals surface area contributed by atoms with Crippen LogP contribution in [0.5, 0.6) is 0 Å². The topological polar surface area (TPSA) is 58.5 Å². The molecule has 0 spiro atoms. The maximum Gasteiger partial charge on any atom is 0.170 e. The molecule has 5 heterocycles. The van der Waals surface area contributed by atoms with Crippen LogP contribution in [0.2, 0.25) is 0 Å². The minimum absolute atomic E-state index is 0.00484. The maximum atomic E-state index is 5.88. The van der Waals surface area contributed by atoms with Gasteiger partial charge in [0.2, 0.25) is 0 Å². The molecule has 0 unspecified atom stereocenters. The van der Waals surface area contributed by atoms with Gasteiger partial charge in [0.15, 0.2) is 5.11 Å². The molecule has 0 bridgehead atoms.